The highest BCUT2D eigenvalue weighted by atomic mass is 35.5. The van der Waals surface area contributed by atoms with Crippen LogP contribution in [0.4, 0.5) is 0 Å². The van der Waals surface area contributed by atoms with Crippen LogP contribution in [0.15, 0.2) is 6.07 Å². The molecule has 1 rings (SSSR count). The molecule has 1 N–H and O–H groups in total. The molecule has 0 aliphatic carbocycles. The lowest BCUT2D eigenvalue weighted by molar-refractivity contribution is 0.0869. The maximum absolute atomic E-state index is 12.0. The molecule has 0 amide bonds. The maximum Gasteiger partial charge on any atom is 0.179 e. The number of methoxy groups -OCH3 is 1. The quantitative estimate of drug-likeness (QED) is 0.748. The zero-order valence-corrected chi connectivity index (χ0v) is 12.3. The van der Waals surface area contributed by atoms with E-state index in [0.29, 0.717) is 33.9 Å². The molecule has 0 radical (unpaired) electrons. The van der Waals surface area contributed by atoms with Crippen molar-refractivity contribution in [1.82, 2.24) is 4.90 Å². The van der Waals surface area contributed by atoms with E-state index in [9.17, 15) is 4.79 Å². The van der Waals surface area contributed by atoms with Crippen LogP contribution in [0.2, 0.25) is 8.67 Å². The number of halogens is 2. The third kappa shape index (κ3) is 4.84. The van der Waals surface area contributed by atoms with Gasteiger partial charge in [-0.1, -0.05) is 23.2 Å². The first kappa shape index (κ1) is 15.9. The Balaban J connectivity index is 2.62. The van der Waals surface area contributed by atoms with Gasteiger partial charge in [-0.25, -0.2) is 0 Å². The second kappa shape index (κ2) is 8.09. The smallest absolute Gasteiger partial charge is 0.179 e. The SMILES string of the molecule is COCCN(CCO)CC(=O)c1cc(Cl)sc1Cl. The number of ketones is 1. The van der Waals surface area contributed by atoms with E-state index in [-0.39, 0.29) is 18.9 Å². The summed E-state index contributed by atoms with van der Waals surface area (Å²) in [5.41, 5.74) is 0.437. The van der Waals surface area contributed by atoms with Crippen molar-refractivity contribution >= 4 is 40.3 Å². The van der Waals surface area contributed by atoms with Crippen LogP contribution < -0.4 is 0 Å². The number of thiophene rings is 1. The minimum absolute atomic E-state index is 0.00484. The number of nitrogens with zero attached hydrogens (tertiary/aromatic N) is 1. The summed E-state index contributed by atoms with van der Waals surface area (Å²) in [5, 5.41) is 8.94. The molecule has 0 aliphatic heterocycles. The van der Waals surface area contributed by atoms with Crippen LogP contribution in [-0.2, 0) is 4.74 Å². The molecule has 1 aromatic heterocycles. The van der Waals surface area contributed by atoms with Gasteiger partial charge in [0, 0.05) is 20.2 Å². The summed E-state index contributed by atoms with van der Waals surface area (Å²) >= 11 is 12.9. The molecule has 102 valence electrons. The molecular weight excluding hydrogens is 297 g/mol. The number of aliphatic hydroxyl groups is 1. The fraction of sp³-hybridized carbons (Fsp3) is 0.545. The van der Waals surface area contributed by atoms with E-state index in [1.165, 1.54) is 11.3 Å². The normalized spacial score (nSPS) is 11.2. The summed E-state index contributed by atoms with van der Waals surface area (Å²) in [6.07, 6.45) is 0. The van der Waals surface area contributed by atoms with E-state index in [1.54, 1.807) is 13.2 Å². The summed E-state index contributed by atoms with van der Waals surface area (Å²) in [6.45, 7) is 1.69. The molecule has 1 heterocycles. The van der Waals surface area contributed by atoms with Crippen LogP contribution in [0, 0.1) is 0 Å². The van der Waals surface area contributed by atoms with Gasteiger partial charge >= 0.3 is 0 Å². The first-order valence-corrected chi connectivity index (χ1v) is 6.96. The zero-order valence-electron chi connectivity index (χ0n) is 9.99. The molecule has 0 aromatic carbocycles. The van der Waals surface area contributed by atoms with Crippen molar-refractivity contribution in [3.63, 3.8) is 0 Å². The number of Topliss-reactive ketones (excluding diaryl/α,β-unsaturated/α-hetero) is 1. The molecule has 0 unspecified atom stereocenters. The van der Waals surface area contributed by atoms with Gasteiger partial charge < -0.3 is 9.84 Å². The number of hydrogen-bond acceptors (Lipinski definition) is 5. The Bertz CT molecular complexity index is 398. The van der Waals surface area contributed by atoms with Gasteiger partial charge in [0.2, 0.25) is 0 Å². The van der Waals surface area contributed by atoms with Gasteiger partial charge in [-0.3, -0.25) is 9.69 Å². The van der Waals surface area contributed by atoms with Crippen molar-refractivity contribution < 1.29 is 14.6 Å². The second-order valence-electron chi connectivity index (χ2n) is 3.65. The second-order valence-corrected chi connectivity index (χ2v) is 5.94. The molecule has 4 nitrogen and oxygen atoms in total. The van der Waals surface area contributed by atoms with Gasteiger partial charge in [0.05, 0.1) is 29.7 Å². The summed E-state index contributed by atoms with van der Waals surface area (Å²) in [7, 11) is 1.59. The minimum atomic E-state index is -0.104. The van der Waals surface area contributed by atoms with Gasteiger partial charge in [0.15, 0.2) is 5.78 Å². The average Bonchev–Trinajstić information content (AvgIpc) is 2.65. The molecule has 0 saturated carbocycles. The van der Waals surface area contributed by atoms with E-state index in [2.05, 4.69) is 0 Å². The van der Waals surface area contributed by atoms with E-state index in [4.69, 9.17) is 33.0 Å². The highest BCUT2D eigenvalue weighted by Crippen LogP contribution is 2.31. The summed E-state index contributed by atoms with van der Waals surface area (Å²) in [6, 6.07) is 1.57. The zero-order chi connectivity index (χ0) is 13.5. The number of rotatable bonds is 8. The average molecular weight is 312 g/mol. The standard InChI is InChI=1S/C11H15Cl2NO3S/c1-17-5-3-14(2-4-15)7-9(16)8-6-10(12)18-11(8)13/h6,15H,2-5,7H2,1H3. The van der Waals surface area contributed by atoms with Crippen molar-refractivity contribution in [2.24, 2.45) is 0 Å². The van der Waals surface area contributed by atoms with Crippen molar-refractivity contribution in [3.8, 4) is 0 Å². The lowest BCUT2D eigenvalue weighted by Crippen LogP contribution is -2.35. The third-order valence-electron chi connectivity index (χ3n) is 2.35. The summed E-state index contributed by atoms with van der Waals surface area (Å²) in [5.74, 6) is -0.104. The largest absolute Gasteiger partial charge is 0.395 e. The van der Waals surface area contributed by atoms with Gasteiger partial charge in [0.1, 0.15) is 4.34 Å². The first-order valence-electron chi connectivity index (χ1n) is 5.38. The van der Waals surface area contributed by atoms with Crippen LogP contribution in [-0.4, -0.2) is 55.7 Å². The lowest BCUT2D eigenvalue weighted by Gasteiger charge is -2.19. The topological polar surface area (TPSA) is 49.8 Å². The highest BCUT2D eigenvalue weighted by Gasteiger charge is 2.17. The number of carbonyl (C=O) groups is 1. The van der Waals surface area contributed by atoms with Gasteiger partial charge in [0.25, 0.3) is 0 Å². The Morgan fingerprint density at radius 1 is 1.50 bits per heavy atom. The summed E-state index contributed by atoms with van der Waals surface area (Å²) < 4.78 is 5.85. The monoisotopic (exact) mass is 311 g/mol. The molecule has 0 aliphatic rings. The third-order valence-corrected chi connectivity index (χ3v) is 3.84. The van der Waals surface area contributed by atoms with Crippen LogP contribution in [0.25, 0.3) is 0 Å². The molecule has 7 heteroatoms. The number of carbonyl (C=O) groups excluding carboxylic acids is 1. The Kier molecular flexibility index (Phi) is 7.14. The summed E-state index contributed by atoms with van der Waals surface area (Å²) in [4.78, 5) is 13.8. The van der Waals surface area contributed by atoms with Crippen molar-refractivity contribution in [3.05, 3.63) is 20.3 Å². The fourth-order valence-corrected chi connectivity index (χ4v) is 2.95. The predicted octanol–water partition coefficient (Wildman–Crippen LogP) is 2.18. The Morgan fingerprint density at radius 2 is 2.22 bits per heavy atom. The molecule has 0 bridgehead atoms. The van der Waals surface area contributed by atoms with Crippen LogP contribution in [0.1, 0.15) is 10.4 Å². The Hall–Kier alpha value is -0.170. The highest BCUT2D eigenvalue weighted by molar-refractivity contribution is 7.20. The maximum atomic E-state index is 12.0. The fourth-order valence-electron chi connectivity index (χ4n) is 1.45. The molecule has 0 saturated heterocycles. The van der Waals surface area contributed by atoms with Crippen LogP contribution in [0.5, 0.6) is 0 Å². The molecule has 1 aromatic rings. The van der Waals surface area contributed by atoms with E-state index in [1.807, 2.05) is 4.90 Å². The van der Waals surface area contributed by atoms with Gasteiger partial charge in [-0.05, 0) is 6.07 Å². The van der Waals surface area contributed by atoms with Crippen molar-refractivity contribution in [1.29, 1.82) is 0 Å². The first-order chi connectivity index (χ1) is 8.58. The van der Waals surface area contributed by atoms with Crippen molar-refractivity contribution in [2.45, 2.75) is 0 Å². The minimum Gasteiger partial charge on any atom is -0.395 e. The van der Waals surface area contributed by atoms with E-state index in [0.717, 1.165) is 0 Å². The predicted molar refractivity (Wildman–Crippen MR) is 74.1 cm³/mol. The lowest BCUT2D eigenvalue weighted by atomic mass is 10.2. The van der Waals surface area contributed by atoms with E-state index >= 15 is 0 Å². The number of ether oxygens (including phenoxy) is 1. The van der Waals surface area contributed by atoms with E-state index < -0.39 is 0 Å². The van der Waals surface area contributed by atoms with Crippen molar-refractivity contribution in [2.75, 3.05) is 40.0 Å². The number of aliphatic hydroxyl groups excluding tert-OH is 1. The van der Waals surface area contributed by atoms with Crippen LogP contribution in [0.3, 0.4) is 0 Å². The molecule has 0 atom stereocenters. The Labute approximate surface area is 120 Å². The molecule has 0 spiro atoms. The van der Waals surface area contributed by atoms with Crippen LogP contribution >= 0.6 is 34.5 Å². The molecular formula is C11H15Cl2NO3S. The molecule has 18 heavy (non-hydrogen) atoms. The number of hydrogen-bond donors (Lipinski definition) is 1. The van der Waals surface area contributed by atoms with Gasteiger partial charge in [-0.15, -0.1) is 11.3 Å². The van der Waals surface area contributed by atoms with Gasteiger partial charge in [-0.2, -0.15) is 0 Å². The Morgan fingerprint density at radius 3 is 2.72 bits per heavy atom. The molecule has 0 fully saturated rings.